The molecule has 1 aliphatic rings. The van der Waals surface area contributed by atoms with Gasteiger partial charge in [-0.15, -0.1) is 0 Å². The number of hydrogen-bond donors (Lipinski definition) is 1. The zero-order valence-electron chi connectivity index (χ0n) is 12.1. The van der Waals surface area contributed by atoms with Crippen molar-refractivity contribution in [3.63, 3.8) is 0 Å². The number of imidazole rings is 1. The highest BCUT2D eigenvalue weighted by Gasteiger charge is 2.15. The lowest BCUT2D eigenvalue weighted by Crippen LogP contribution is -2.19. The number of aromatic nitrogens is 2. The summed E-state index contributed by atoms with van der Waals surface area (Å²) in [6, 6.07) is 7.51. The molecular weight excluding hydrogens is 266 g/mol. The summed E-state index contributed by atoms with van der Waals surface area (Å²) in [6.45, 7) is 3.45. The summed E-state index contributed by atoms with van der Waals surface area (Å²) in [5, 5.41) is 0. The molecule has 2 heterocycles. The normalized spacial score (nSPS) is 13.1. The molecule has 1 N–H and O–H groups in total. The molecule has 0 atom stereocenters. The van der Waals surface area contributed by atoms with E-state index in [0.717, 1.165) is 35.9 Å². The van der Waals surface area contributed by atoms with E-state index in [1.54, 1.807) is 6.07 Å². The van der Waals surface area contributed by atoms with E-state index < -0.39 is 0 Å². The number of carbonyl (C=O) groups excluding carboxylic acids is 1. The zero-order valence-corrected chi connectivity index (χ0v) is 12.1. The number of fused-ring (bicyclic) bond motifs is 1. The van der Waals surface area contributed by atoms with Gasteiger partial charge in [0.1, 0.15) is 5.82 Å². The molecule has 0 saturated heterocycles. The smallest absolute Gasteiger partial charge is 0.337 e. The number of aryl methyl sites for hydroxylation is 1. The monoisotopic (exact) mass is 283 g/mol. The van der Waals surface area contributed by atoms with Gasteiger partial charge in [-0.25, -0.2) is 9.78 Å². The molecule has 0 amide bonds. The van der Waals surface area contributed by atoms with Gasteiger partial charge in [0.05, 0.1) is 30.6 Å². The predicted molar refractivity (Wildman–Crippen MR) is 79.4 cm³/mol. The molecule has 5 nitrogen and oxygen atoms in total. The van der Waals surface area contributed by atoms with Crippen LogP contribution in [0.2, 0.25) is 0 Å². The summed E-state index contributed by atoms with van der Waals surface area (Å²) in [6.07, 6.45) is 4.08. The van der Waals surface area contributed by atoms with Gasteiger partial charge in [0, 0.05) is 12.7 Å². The second-order valence-electron chi connectivity index (χ2n) is 5.10. The summed E-state index contributed by atoms with van der Waals surface area (Å²) < 4.78 is 4.75. The third-order valence-electron chi connectivity index (χ3n) is 3.47. The van der Waals surface area contributed by atoms with E-state index in [-0.39, 0.29) is 5.97 Å². The molecule has 21 heavy (non-hydrogen) atoms. The van der Waals surface area contributed by atoms with Gasteiger partial charge in [0.15, 0.2) is 0 Å². The summed E-state index contributed by atoms with van der Waals surface area (Å²) in [4.78, 5) is 21.4. The minimum atomic E-state index is -0.309. The van der Waals surface area contributed by atoms with Crippen LogP contribution in [-0.2, 0) is 17.8 Å². The molecule has 0 spiro atoms. The number of hydrogen-bond acceptors (Lipinski definition) is 4. The van der Waals surface area contributed by atoms with Crippen molar-refractivity contribution < 1.29 is 9.53 Å². The van der Waals surface area contributed by atoms with Crippen LogP contribution in [0.1, 0.15) is 33.1 Å². The Morgan fingerprint density at radius 1 is 1.48 bits per heavy atom. The van der Waals surface area contributed by atoms with Gasteiger partial charge in [-0.1, -0.05) is 12.1 Å². The van der Waals surface area contributed by atoms with Crippen LogP contribution in [0.5, 0.6) is 0 Å². The number of esters is 1. The Morgan fingerprint density at radius 3 is 3.14 bits per heavy atom. The maximum atomic E-state index is 11.6. The highest BCUT2D eigenvalue weighted by Crippen LogP contribution is 2.19. The third-order valence-corrected chi connectivity index (χ3v) is 3.47. The van der Waals surface area contributed by atoms with Crippen LogP contribution in [-0.4, -0.2) is 27.9 Å². The van der Waals surface area contributed by atoms with Gasteiger partial charge in [0.25, 0.3) is 0 Å². The van der Waals surface area contributed by atoms with E-state index >= 15 is 0 Å². The summed E-state index contributed by atoms with van der Waals surface area (Å²) in [5.74, 6) is 0.621. The van der Waals surface area contributed by atoms with Crippen molar-refractivity contribution in [1.82, 2.24) is 14.9 Å². The Labute approximate surface area is 123 Å². The van der Waals surface area contributed by atoms with Crippen molar-refractivity contribution in [2.24, 2.45) is 0 Å². The van der Waals surface area contributed by atoms with Crippen LogP contribution in [0, 0.1) is 6.92 Å². The second kappa shape index (κ2) is 5.44. The average molecular weight is 283 g/mol. The second-order valence-corrected chi connectivity index (χ2v) is 5.10. The van der Waals surface area contributed by atoms with E-state index in [1.165, 1.54) is 7.11 Å². The first-order valence-electron chi connectivity index (χ1n) is 6.80. The van der Waals surface area contributed by atoms with Crippen LogP contribution >= 0.6 is 0 Å². The molecule has 108 valence electrons. The number of nitrogens with one attached hydrogen (secondary N) is 1. The largest absolute Gasteiger partial charge is 0.465 e. The van der Waals surface area contributed by atoms with Crippen LogP contribution in [0.3, 0.4) is 0 Å². The van der Waals surface area contributed by atoms with Gasteiger partial charge < -0.3 is 14.6 Å². The Morgan fingerprint density at radius 2 is 2.33 bits per heavy atom. The molecule has 0 aliphatic carbocycles. The van der Waals surface area contributed by atoms with Gasteiger partial charge in [-0.05, 0) is 30.7 Å². The maximum Gasteiger partial charge on any atom is 0.337 e. The summed E-state index contributed by atoms with van der Waals surface area (Å²) >= 11 is 0. The Balaban J connectivity index is 1.74. The van der Waals surface area contributed by atoms with Crippen LogP contribution in [0.25, 0.3) is 6.08 Å². The van der Waals surface area contributed by atoms with Crippen LogP contribution in [0.15, 0.2) is 30.5 Å². The Bertz CT molecular complexity index is 703. The fourth-order valence-electron chi connectivity index (χ4n) is 2.50. The number of nitrogens with zero attached hydrogens (tertiary/aromatic N) is 2. The van der Waals surface area contributed by atoms with Crippen LogP contribution in [0.4, 0.5) is 0 Å². The predicted octanol–water partition coefficient (Wildman–Crippen LogP) is 2.49. The van der Waals surface area contributed by atoms with Crippen molar-refractivity contribution in [2.75, 3.05) is 7.11 Å². The summed E-state index contributed by atoms with van der Waals surface area (Å²) in [5.41, 5.74) is 3.77. The van der Waals surface area contributed by atoms with Crippen molar-refractivity contribution in [3.05, 3.63) is 58.8 Å². The molecule has 3 rings (SSSR count). The number of rotatable bonds is 3. The Kier molecular flexibility index (Phi) is 3.48. The van der Waals surface area contributed by atoms with E-state index in [2.05, 4.69) is 14.9 Å². The Hall–Kier alpha value is -2.56. The number of methoxy groups -OCH3 is 1. The van der Waals surface area contributed by atoms with Crippen LogP contribution < -0.4 is 0 Å². The van der Waals surface area contributed by atoms with E-state index in [9.17, 15) is 4.79 Å². The molecule has 0 unspecified atom stereocenters. The number of aromatic amines is 1. The standard InChI is InChI=1S/C16H17N3O2/c1-11-17-14-6-7-19(10-15(14)18-11)9-12-4-3-5-13(8-12)16(20)21-2/h3-8H,9-10H2,1-2H3,(H,17,18). The maximum absolute atomic E-state index is 11.6. The van der Waals surface area contributed by atoms with E-state index in [1.807, 2.05) is 37.4 Å². The quantitative estimate of drug-likeness (QED) is 0.879. The molecule has 0 bridgehead atoms. The molecule has 1 aromatic heterocycles. The molecule has 0 saturated carbocycles. The molecule has 2 aromatic rings. The minimum absolute atomic E-state index is 0.309. The SMILES string of the molecule is COC(=O)c1cccc(CN2C=Cc3[nH]c(C)nc3C2)c1. The fourth-order valence-corrected chi connectivity index (χ4v) is 2.50. The number of H-pyrrole nitrogens is 1. The molecule has 0 fully saturated rings. The highest BCUT2D eigenvalue weighted by molar-refractivity contribution is 5.89. The van der Waals surface area contributed by atoms with Crippen molar-refractivity contribution in [2.45, 2.75) is 20.0 Å². The number of benzene rings is 1. The fraction of sp³-hybridized carbons (Fsp3) is 0.250. The first kappa shape index (κ1) is 13.4. The van der Waals surface area contributed by atoms with Crippen molar-refractivity contribution >= 4 is 12.0 Å². The molecule has 1 aliphatic heterocycles. The van der Waals surface area contributed by atoms with Crippen molar-refractivity contribution in [3.8, 4) is 0 Å². The lowest BCUT2D eigenvalue weighted by atomic mass is 10.1. The first-order chi connectivity index (χ1) is 10.2. The van der Waals surface area contributed by atoms with Crippen molar-refractivity contribution in [1.29, 1.82) is 0 Å². The first-order valence-corrected chi connectivity index (χ1v) is 6.80. The van der Waals surface area contributed by atoms with Gasteiger partial charge in [-0.2, -0.15) is 0 Å². The molecule has 5 heteroatoms. The molecular formula is C16H17N3O2. The average Bonchev–Trinajstić information content (AvgIpc) is 2.86. The third kappa shape index (κ3) is 2.81. The van der Waals surface area contributed by atoms with Gasteiger partial charge in [0.2, 0.25) is 0 Å². The van der Waals surface area contributed by atoms with Gasteiger partial charge in [-0.3, -0.25) is 0 Å². The number of ether oxygens (including phenoxy) is 1. The molecule has 1 aromatic carbocycles. The van der Waals surface area contributed by atoms with Gasteiger partial charge >= 0.3 is 5.97 Å². The minimum Gasteiger partial charge on any atom is -0.465 e. The van der Waals surface area contributed by atoms with E-state index in [0.29, 0.717) is 5.56 Å². The van der Waals surface area contributed by atoms with E-state index in [4.69, 9.17) is 4.74 Å². The zero-order chi connectivity index (χ0) is 14.8. The number of carbonyl (C=O) groups is 1. The summed E-state index contributed by atoms with van der Waals surface area (Å²) in [7, 11) is 1.39. The highest BCUT2D eigenvalue weighted by atomic mass is 16.5. The lowest BCUT2D eigenvalue weighted by molar-refractivity contribution is 0.0600. The molecule has 0 radical (unpaired) electrons. The lowest BCUT2D eigenvalue weighted by Gasteiger charge is -2.23. The topological polar surface area (TPSA) is 58.2 Å².